The molecule has 200 valence electrons. The van der Waals surface area contributed by atoms with E-state index in [1.807, 2.05) is 44.3 Å². The summed E-state index contributed by atoms with van der Waals surface area (Å²) in [6.07, 6.45) is 10.1. The van der Waals surface area contributed by atoms with E-state index in [0.29, 0.717) is 18.3 Å². The first kappa shape index (κ1) is 30.4. The third-order valence-corrected chi connectivity index (χ3v) is 7.46. The number of carboxylic acid groups (broad SMARTS) is 1. The van der Waals surface area contributed by atoms with Crippen molar-refractivity contribution in [3.05, 3.63) is 83.4 Å². The summed E-state index contributed by atoms with van der Waals surface area (Å²) in [5, 5.41) is 8.82. The van der Waals surface area contributed by atoms with Crippen LogP contribution in [0.4, 0.5) is 0 Å². The number of allylic oxidation sites excluding steroid dienone is 2. The maximum atomic E-state index is 10.8. The third-order valence-electron chi connectivity index (χ3n) is 7.04. The second-order valence-corrected chi connectivity index (χ2v) is 9.98. The summed E-state index contributed by atoms with van der Waals surface area (Å²) in [4.78, 5) is 15.3. The quantitative estimate of drug-likeness (QED) is 0.304. The van der Waals surface area contributed by atoms with Crippen molar-refractivity contribution in [1.82, 2.24) is 0 Å². The summed E-state index contributed by atoms with van der Waals surface area (Å²) in [5.74, 6) is 1.22. The Balaban J connectivity index is 0.000000336. The van der Waals surface area contributed by atoms with Gasteiger partial charge in [0.2, 0.25) is 0 Å². The van der Waals surface area contributed by atoms with Crippen LogP contribution in [0.2, 0.25) is 0 Å². The van der Waals surface area contributed by atoms with Gasteiger partial charge in [-0.05, 0) is 91.8 Å². The minimum absolute atomic E-state index is 0.0886. The Hall–Kier alpha value is -2.85. The van der Waals surface area contributed by atoms with E-state index >= 15 is 0 Å². The molecule has 2 aromatic rings. The first-order valence-corrected chi connectivity index (χ1v) is 13.7. The summed E-state index contributed by atoms with van der Waals surface area (Å²) in [6.45, 7) is 12.0. The summed E-state index contributed by atoms with van der Waals surface area (Å²) in [7, 11) is 1.68. The van der Waals surface area contributed by atoms with Crippen molar-refractivity contribution in [1.29, 1.82) is 0 Å². The number of aryl methyl sites for hydroxylation is 2. The monoisotopic (exact) mass is 523 g/mol. The van der Waals surface area contributed by atoms with Gasteiger partial charge in [0.05, 0.1) is 18.2 Å². The predicted octanol–water partition coefficient (Wildman–Crippen LogP) is 8.61. The van der Waals surface area contributed by atoms with Crippen molar-refractivity contribution >= 4 is 29.5 Å². The smallest absolute Gasteiger partial charge is 0.303 e. The van der Waals surface area contributed by atoms with Gasteiger partial charge in [0.25, 0.3) is 0 Å². The molecule has 1 aliphatic heterocycles. The van der Waals surface area contributed by atoms with Crippen LogP contribution in [0.5, 0.6) is 5.75 Å². The molecule has 1 heterocycles. The Bertz CT molecular complexity index is 1070. The number of halogens is 1. The highest BCUT2D eigenvalue weighted by molar-refractivity contribution is 6.24. The van der Waals surface area contributed by atoms with Gasteiger partial charge in [0, 0.05) is 18.6 Å². The molecule has 2 unspecified atom stereocenters. The van der Waals surface area contributed by atoms with Gasteiger partial charge in [-0.1, -0.05) is 50.3 Å². The van der Waals surface area contributed by atoms with Crippen LogP contribution >= 0.6 is 11.6 Å². The number of rotatable bonds is 6. The van der Waals surface area contributed by atoms with E-state index in [1.165, 1.54) is 16.7 Å². The highest BCUT2D eigenvalue weighted by atomic mass is 35.5. The molecule has 0 radical (unpaired) electrons. The van der Waals surface area contributed by atoms with Crippen LogP contribution < -0.4 is 4.74 Å². The largest absolute Gasteiger partial charge is 0.497 e. The zero-order valence-corrected chi connectivity index (χ0v) is 23.7. The average Bonchev–Trinajstić information content (AvgIpc) is 2.92. The number of aliphatic imine (C=N–C) groups is 1. The minimum Gasteiger partial charge on any atom is -0.497 e. The van der Waals surface area contributed by atoms with E-state index in [1.54, 1.807) is 7.11 Å². The fraction of sp³-hybridized carbons (Fsp3) is 0.438. The number of benzene rings is 2. The van der Waals surface area contributed by atoms with Gasteiger partial charge < -0.3 is 9.84 Å². The third kappa shape index (κ3) is 9.19. The Labute approximate surface area is 228 Å². The van der Waals surface area contributed by atoms with Crippen LogP contribution in [0, 0.1) is 25.7 Å². The van der Waals surface area contributed by atoms with Crippen molar-refractivity contribution < 1.29 is 14.6 Å². The zero-order chi connectivity index (χ0) is 27.4. The van der Waals surface area contributed by atoms with Gasteiger partial charge in [0.1, 0.15) is 5.75 Å². The van der Waals surface area contributed by atoms with Crippen LogP contribution in [0.15, 0.2) is 66.2 Å². The van der Waals surface area contributed by atoms with Crippen molar-refractivity contribution in [2.24, 2.45) is 16.8 Å². The topological polar surface area (TPSA) is 58.9 Å². The summed E-state index contributed by atoms with van der Waals surface area (Å²) >= 11 is 6.35. The van der Waals surface area contributed by atoms with Gasteiger partial charge in [0.15, 0.2) is 0 Å². The molecule has 2 aromatic carbocycles. The van der Waals surface area contributed by atoms with Crippen molar-refractivity contribution in [2.45, 2.75) is 71.1 Å². The number of nitrogens with zero attached hydrogens (tertiary/aromatic N) is 1. The fourth-order valence-electron chi connectivity index (χ4n) is 4.63. The Morgan fingerprint density at radius 3 is 2.24 bits per heavy atom. The number of aliphatic carboxylic acids is 1. The number of ether oxygens (including phenoxy) is 1. The Kier molecular flexibility index (Phi) is 12.7. The highest BCUT2D eigenvalue weighted by Crippen LogP contribution is 2.37. The lowest BCUT2D eigenvalue weighted by molar-refractivity contribution is -0.138. The Morgan fingerprint density at radius 2 is 1.73 bits per heavy atom. The molecule has 2 atom stereocenters. The van der Waals surface area contributed by atoms with Gasteiger partial charge in [-0.25, -0.2) is 0 Å². The number of alkyl halides is 1. The maximum Gasteiger partial charge on any atom is 0.303 e. The van der Waals surface area contributed by atoms with E-state index in [4.69, 9.17) is 21.4 Å². The summed E-state index contributed by atoms with van der Waals surface area (Å²) in [6, 6.07) is 14.7. The van der Waals surface area contributed by atoms with E-state index in [0.717, 1.165) is 42.7 Å². The van der Waals surface area contributed by atoms with Crippen molar-refractivity contribution in [3.63, 3.8) is 0 Å². The second-order valence-electron chi connectivity index (χ2n) is 9.48. The van der Waals surface area contributed by atoms with Crippen molar-refractivity contribution in [2.75, 3.05) is 7.11 Å². The number of hydrogen-bond acceptors (Lipinski definition) is 3. The summed E-state index contributed by atoms with van der Waals surface area (Å²) < 4.78 is 5.05. The second kappa shape index (κ2) is 15.4. The molecule has 4 nitrogen and oxygen atoms in total. The molecule has 1 aliphatic carbocycles. The number of carbonyl (C=O) groups is 1. The van der Waals surface area contributed by atoms with Crippen LogP contribution in [-0.2, 0) is 4.79 Å². The van der Waals surface area contributed by atoms with E-state index < -0.39 is 5.97 Å². The standard InChI is InChI=1S/C21H24ClNO2.C9H12O.C2H6/c1-2-15-13-23-20(12-19(15)22)18-9-7-17(8-10-18)16-5-3-14(4-6-16)11-21(24)25;1-7-4-5-9(10-3)6-8(7)2;1-2/h2,7-10,12-16,19H,1,3-6,11H2,(H,24,25);4-6H,1-3H3;1-2H3. The normalized spacial score (nSPS) is 22.4. The molecule has 1 N–H and O–H groups in total. The lowest BCUT2D eigenvalue weighted by atomic mass is 9.77. The lowest BCUT2D eigenvalue weighted by Crippen LogP contribution is -2.16. The van der Waals surface area contributed by atoms with E-state index in [9.17, 15) is 4.79 Å². The van der Waals surface area contributed by atoms with Crippen LogP contribution in [-0.4, -0.2) is 29.8 Å². The van der Waals surface area contributed by atoms with Crippen molar-refractivity contribution in [3.8, 4) is 5.75 Å². The average molecular weight is 524 g/mol. The first-order valence-electron chi connectivity index (χ1n) is 13.3. The SMILES string of the molecule is C=CC1C=NC(c2ccc(C3CCC(CC(=O)O)CC3)cc2)=CC1Cl.CC.COc1ccc(C)c(C)c1. The number of hydrogen-bond donors (Lipinski definition) is 1. The molecule has 2 aliphatic rings. The molecule has 5 heteroatoms. The molecule has 0 saturated heterocycles. The molecule has 0 aromatic heterocycles. The molecule has 1 fully saturated rings. The first-order chi connectivity index (χ1) is 17.8. The molecule has 0 spiro atoms. The van der Waals surface area contributed by atoms with Crippen LogP contribution in [0.25, 0.3) is 5.70 Å². The highest BCUT2D eigenvalue weighted by Gasteiger charge is 2.24. The fourth-order valence-corrected chi connectivity index (χ4v) is 4.92. The minimum atomic E-state index is -0.676. The van der Waals surface area contributed by atoms with Crippen LogP contribution in [0.1, 0.15) is 74.1 Å². The van der Waals surface area contributed by atoms with Gasteiger partial charge in [-0.2, -0.15) is 0 Å². The Morgan fingerprint density at radius 1 is 1.08 bits per heavy atom. The zero-order valence-electron chi connectivity index (χ0n) is 22.9. The molecular weight excluding hydrogens is 482 g/mol. The summed E-state index contributed by atoms with van der Waals surface area (Å²) in [5.41, 5.74) is 5.91. The predicted molar refractivity (Wildman–Crippen MR) is 157 cm³/mol. The molecule has 4 rings (SSSR count). The van der Waals surface area contributed by atoms with Crippen LogP contribution in [0.3, 0.4) is 0 Å². The maximum absolute atomic E-state index is 10.8. The van der Waals surface area contributed by atoms with E-state index in [-0.39, 0.29) is 11.3 Å². The number of carboxylic acids is 1. The number of methoxy groups -OCH3 is 1. The lowest BCUT2D eigenvalue weighted by Gasteiger charge is -2.28. The molecular formula is C32H42ClNO3. The molecule has 1 saturated carbocycles. The van der Waals surface area contributed by atoms with Gasteiger partial charge in [-0.15, -0.1) is 18.2 Å². The van der Waals surface area contributed by atoms with Gasteiger partial charge in [-0.3, -0.25) is 9.79 Å². The molecule has 0 amide bonds. The molecule has 37 heavy (non-hydrogen) atoms. The van der Waals surface area contributed by atoms with Gasteiger partial charge >= 0.3 is 5.97 Å². The molecule has 0 bridgehead atoms. The van der Waals surface area contributed by atoms with E-state index in [2.05, 4.69) is 55.8 Å².